The van der Waals surface area contributed by atoms with Crippen LogP contribution in [0.25, 0.3) is 5.76 Å². The molecule has 2 aromatic heterocycles. The first-order chi connectivity index (χ1) is 14.1. The molecule has 1 aliphatic heterocycles. The van der Waals surface area contributed by atoms with E-state index < -0.39 is 17.7 Å². The van der Waals surface area contributed by atoms with Gasteiger partial charge in [-0.05, 0) is 49.8 Å². The molecule has 0 spiro atoms. The van der Waals surface area contributed by atoms with Crippen LogP contribution in [0, 0.1) is 0 Å². The molecule has 2 aromatic rings. The zero-order chi connectivity index (χ0) is 20.8. The SMILES string of the molecule is CCN(CC)CCCN1C(=O)C(=O)/C(=C(/O)c2ccncc2)C1c1cccnc1. The molecule has 7 nitrogen and oxygen atoms in total. The highest BCUT2D eigenvalue weighted by Gasteiger charge is 2.45. The number of rotatable bonds is 8. The molecule has 1 amide bonds. The van der Waals surface area contributed by atoms with E-state index in [1.807, 2.05) is 6.07 Å². The van der Waals surface area contributed by atoms with Crippen molar-refractivity contribution in [3.63, 3.8) is 0 Å². The fourth-order valence-electron chi connectivity index (χ4n) is 3.66. The molecule has 0 radical (unpaired) electrons. The number of ketones is 1. The van der Waals surface area contributed by atoms with Crippen LogP contribution in [0.3, 0.4) is 0 Å². The number of aliphatic hydroxyl groups excluding tert-OH is 1. The van der Waals surface area contributed by atoms with Crippen LogP contribution in [0.2, 0.25) is 0 Å². The Labute approximate surface area is 170 Å². The number of hydrogen-bond donors (Lipinski definition) is 1. The second-order valence-corrected chi connectivity index (χ2v) is 6.90. The molecule has 1 saturated heterocycles. The quantitative estimate of drug-likeness (QED) is 0.421. The maximum absolute atomic E-state index is 12.9. The second kappa shape index (κ2) is 9.43. The number of Topliss-reactive ketones (excluding diaryl/α,β-unsaturated/α-hetero) is 1. The summed E-state index contributed by atoms with van der Waals surface area (Å²) in [6.45, 7) is 7.32. The molecule has 0 aliphatic carbocycles. The molecule has 0 aromatic carbocycles. The Balaban J connectivity index is 1.98. The minimum absolute atomic E-state index is 0.0945. The molecule has 0 saturated carbocycles. The van der Waals surface area contributed by atoms with E-state index >= 15 is 0 Å². The maximum Gasteiger partial charge on any atom is 0.295 e. The van der Waals surface area contributed by atoms with Crippen LogP contribution in [0.4, 0.5) is 0 Å². The number of carbonyl (C=O) groups is 2. The first-order valence-electron chi connectivity index (χ1n) is 9.89. The lowest BCUT2D eigenvalue weighted by molar-refractivity contribution is -0.140. The second-order valence-electron chi connectivity index (χ2n) is 6.90. The third-order valence-corrected chi connectivity index (χ3v) is 5.26. The standard InChI is InChI=1S/C22H26N4O3/c1-3-25(4-2)13-6-14-26-19(17-7-5-10-24-15-17)18(21(28)22(26)29)20(27)16-8-11-23-12-9-16/h5,7-12,15,19,27H,3-4,6,13-14H2,1-2H3/b20-18+. The molecule has 1 atom stereocenters. The van der Waals surface area contributed by atoms with Crippen LogP contribution >= 0.6 is 0 Å². The number of hydrogen-bond acceptors (Lipinski definition) is 6. The highest BCUT2D eigenvalue weighted by molar-refractivity contribution is 6.46. The van der Waals surface area contributed by atoms with Crippen molar-refractivity contribution < 1.29 is 14.7 Å². The van der Waals surface area contributed by atoms with Crippen LogP contribution in [0.1, 0.15) is 37.4 Å². The van der Waals surface area contributed by atoms with Crippen molar-refractivity contribution in [2.75, 3.05) is 26.2 Å². The van der Waals surface area contributed by atoms with Gasteiger partial charge in [0.2, 0.25) is 0 Å². The molecule has 29 heavy (non-hydrogen) atoms. The van der Waals surface area contributed by atoms with E-state index in [1.165, 1.54) is 12.4 Å². The van der Waals surface area contributed by atoms with E-state index in [-0.39, 0.29) is 11.3 Å². The monoisotopic (exact) mass is 394 g/mol. The lowest BCUT2D eigenvalue weighted by Gasteiger charge is -2.26. The highest BCUT2D eigenvalue weighted by atomic mass is 16.3. The van der Waals surface area contributed by atoms with Gasteiger partial charge in [-0.3, -0.25) is 19.6 Å². The summed E-state index contributed by atoms with van der Waals surface area (Å²) in [7, 11) is 0. The number of carbonyl (C=O) groups excluding carboxylic acids is 2. The fraction of sp³-hybridized carbons (Fsp3) is 0.364. The summed E-state index contributed by atoms with van der Waals surface area (Å²) in [4.78, 5) is 37.6. The average Bonchev–Trinajstić information content (AvgIpc) is 3.02. The summed E-state index contributed by atoms with van der Waals surface area (Å²) < 4.78 is 0. The molecule has 1 unspecified atom stereocenters. The minimum atomic E-state index is -0.670. The van der Waals surface area contributed by atoms with Gasteiger partial charge in [0.15, 0.2) is 0 Å². The molecular formula is C22H26N4O3. The van der Waals surface area contributed by atoms with Crippen LogP contribution in [-0.2, 0) is 9.59 Å². The Morgan fingerprint density at radius 2 is 1.83 bits per heavy atom. The van der Waals surface area contributed by atoms with Crippen LogP contribution in [0.5, 0.6) is 0 Å². The Kier molecular flexibility index (Phi) is 6.72. The molecule has 1 fully saturated rings. The third kappa shape index (κ3) is 4.35. The molecule has 1 aliphatic rings. The lowest BCUT2D eigenvalue weighted by atomic mass is 9.96. The van der Waals surface area contributed by atoms with Gasteiger partial charge in [0, 0.05) is 36.9 Å². The first kappa shape index (κ1) is 20.7. The molecular weight excluding hydrogens is 368 g/mol. The predicted molar refractivity (Wildman–Crippen MR) is 110 cm³/mol. The predicted octanol–water partition coefficient (Wildman–Crippen LogP) is 2.63. The molecule has 7 heteroatoms. The highest BCUT2D eigenvalue weighted by Crippen LogP contribution is 2.39. The summed E-state index contributed by atoms with van der Waals surface area (Å²) in [6, 6.07) is 6.15. The Morgan fingerprint density at radius 1 is 1.10 bits per heavy atom. The molecule has 1 N–H and O–H groups in total. The first-order valence-corrected chi connectivity index (χ1v) is 9.89. The Hall–Kier alpha value is -3.06. The lowest BCUT2D eigenvalue weighted by Crippen LogP contribution is -2.33. The van der Waals surface area contributed by atoms with Crippen LogP contribution < -0.4 is 0 Å². The summed E-state index contributed by atoms with van der Waals surface area (Å²) in [5, 5.41) is 10.9. The topological polar surface area (TPSA) is 86.6 Å². The third-order valence-electron chi connectivity index (χ3n) is 5.26. The number of amides is 1. The molecule has 0 bridgehead atoms. The fourth-order valence-corrected chi connectivity index (χ4v) is 3.66. The van der Waals surface area contributed by atoms with E-state index in [4.69, 9.17) is 0 Å². The zero-order valence-electron chi connectivity index (χ0n) is 16.8. The summed E-state index contributed by atoms with van der Waals surface area (Å²) in [5.41, 5.74) is 1.25. The molecule has 3 heterocycles. The van der Waals surface area contributed by atoms with Gasteiger partial charge in [0.05, 0.1) is 11.6 Å². The summed E-state index contributed by atoms with van der Waals surface area (Å²) >= 11 is 0. The van der Waals surface area contributed by atoms with E-state index in [9.17, 15) is 14.7 Å². The largest absolute Gasteiger partial charge is 0.507 e. The minimum Gasteiger partial charge on any atom is -0.507 e. The Morgan fingerprint density at radius 3 is 2.45 bits per heavy atom. The van der Waals surface area contributed by atoms with E-state index in [1.54, 1.807) is 35.5 Å². The normalized spacial score (nSPS) is 18.6. The molecule has 3 rings (SSSR count). The van der Waals surface area contributed by atoms with Crippen molar-refractivity contribution in [1.82, 2.24) is 19.8 Å². The summed E-state index contributed by atoms with van der Waals surface area (Å²) in [6.07, 6.45) is 7.08. The average molecular weight is 394 g/mol. The van der Waals surface area contributed by atoms with Gasteiger partial charge in [-0.15, -0.1) is 0 Å². The number of nitrogens with zero attached hydrogens (tertiary/aromatic N) is 4. The van der Waals surface area contributed by atoms with Crippen molar-refractivity contribution in [3.8, 4) is 0 Å². The van der Waals surface area contributed by atoms with Crippen molar-refractivity contribution in [1.29, 1.82) is 0 Å². The number of pyridine rings is 2. The van der Waals surface area contributed by atoms with E-state index in [0.29, 0.717) is 17.7 Å². The van der Waals surface area contributed by atoms with Crippen LogP contribution in [0.15, 0.2) is 54.6 Å². The van der Waals surface area contributed by atoms with Gasteiger partial charge < -0.3 is 14.9 Å². The van der Waals surface area contributed by atoms with Crippen molar-refractivity contribution >= 4 is 17.4 Å². The number of aliphatic hydroxyl groups is 1. The van der Waals surface area contributed by atoms with Gasteiger partial charge in [-0.2, -0.15) is 0 Å². The van der Waals surface area contributed by atoms with Crippen molar-refractivity contribution in [2.24, 2.45) is 0 Å². The molecule has 152 valence electrons. The van der Waals surface area contributed by atoms with Gasteiger partial charge in [-0.1, -0.05) is 19.9 Å². The van der Waals surface area contributed by atoms with Crippen molar-refractivity contribution in [3.05, 3.63) is 65.8 Å². The number of likely N-dealkylation sites (tertiary alicyclic amines) is 1. The zero-order valence-corrected chi connectivity index (χ0v) is 16.8. The van der Waals surface area contributed by atoms with Gasteiger partial charge in [-0.25, -0.2) is 0 Å². The van der Waals surface area contributed by atoms with Crippen LogP contribution in [-0.4, -0.2) is 62.7 Å². The van der Waals surface area contributed by atoms with Gasteiger partial charge in [0.1, 0.15) is 5.76 Å². The summed E-state index contributed by atoms with van der Waals surface area (Å²) in [5.74, 6) is -1.45. The Bertz CT molecular complexity index is 879. The van der Waals surface area contributed by atoms with Gasteiger partial charge in [0.25, 0.3) is 11.7 Å². The van der Waals surface area contributed by atoms with Crippen molar-refractivity contribution in [2.45, 2.75) is 26.3 Å². The van der Waals surface area contributed by atoms with E-state index in [2.05, 4.69) is 28.7 Å². The van der Waals surface area contributed by atoms with Gasteiger partial charge >= 0.3 is 0 Å². The maximum atomic E-state index is 12.9. The van der Waals surface area contributed by atoms with E-state index in [0.717, 1.165) is 26.1 Å². The smallest absolute Gasteiger partial charge is 0.295 e. The number of aromatic nitrogens is 2.